The molecule has 6 aromatic rings. The molecule has 0 saturated heterocycles. The second-order valence-corrected chi connectivity index (χ2v) is 8.25. The van der Waals surface area contributed by atoms with Crippen LogP contribution in [0.15, 0.2) is 66.7 Å². The molecule has 6 rings (SSSR count). The van der Waals surface area contributed by atoms with E-state index < -0.39 is 23.0 Å². The lowest BCUT2D eigenvalue weighted by Gasteiger charge is -2.07. The SMILES string of the molecule is Oc1c(O)c(O)c2c(sc3c2ccc2c3c3ccccc3n2-c2ccccc2)c1O. The van der Waals surface area contributed by atoms with Crippen LogP contribution in [0.1, 0.15) is 0 Å². The summed E-state index contributed by atoms with van der Waals surface area (Å²) >= 11 is 1.28. The Hall–Kier alpha value is -3.90. The van der Waals surface area contributed by atoms with Gasteiger partial charge in [-0.25, -0.2) is 0 Å². The number of phenols is 4. The van der Waals surface area contributed by atoms with Crippen molar-refractivity contribution in [2.45, 2.75) is 0 Å². The van der Waals surface area contributed by atoms with Gasteiger partial charge in [-0.1, -0.05) is 42.5 Å². The summed E-state index contributed by atoms with van der Waals surface area (Å²) in [5.41, 5.74) is 3.07. The summed E-state index contributed by atoms with van der Waals surface area (Å²) in [6.45, 7) is 0. The molecule has 0 bridgehead atoms. The molecule has 2 heterocycles. The van der Waals surface area contributed by atoms with Gasteiger partial charge < -0.3 is 25.0 Å². The molecule has 4 aromatic carbocycles. The fraction of sp³-hybridized carbons (Fsp3) is 0. The number of rotatable bonds is 1. The Balaban J connectivity index is 1.88. The van der Waals surface area contributed by atoms with E-state index >= 15 is 0 Å². The number of aromatic nitrogens is 1. The summed E-state index contributed by atoms with van der Waals surface area (Å²) in [5, 5.41) is 44.0. The number of phenolic OH excluding ortho intramolecular Hbond substituents is 4. The van der Waals surface area contributed by atoms with Gasteiger partial charge in [-0.2, -0.15) is 0 Å². The van der Waals surface area contributed by atoms with Crippen molar-refractivity contribution in [3.63, 3.8) is 0 Å². The summed E-state index contributed by atoms with van der Waals surface area (Å²) in [4.78, 5) is 0. The molecule has 0 atom stereocenters. The highest BCUT2D eigenvalue weighted by Gasteiger charge is 2.24. The highest BCUT2D eigenvalue weighted by atomic mass is 32.1. The van der Waals surface area contributed by atoms with E-state index in [4.69, 9.17) is 0 Å². The van der Waals surface area contributed by atoms with Crippen LogP contribution in [-0.4, -0.2) is 25.0 Å². The largest absolute Gasteiger partial charge is 0.504 e. The lowest BCUT2D eigenvalue weighted by atomic mass is 10.1. The van der Waals surface area contributed by atoms with E-state index in [1.165, 1.54) is 11.3 Å². The minimum Gasteiger partial charge on any atom is -0.504 e. The van der Waals surface area contributed by atoms with Gasteiger partial charge in [0.1, 0.15) is 0 Å². The predicted octanol–water partition coefficient (Wildman–Crippen LogP) is 5.97. The van der Waals surface area contributed by atoms with Crippen molar-refractivity contribution in [2.75, 3.05) is 0 Å². The van der Waals surface area contributed by atoms with Gasteiger partial charge >= 0.3 is 0 Å². The van der Waals surface area contributed by atoms with Crippen LogP contribution < -0.4 is 0 Å². The van der Waals surface area contributed by atoms with E-state index in [2.05, 4.69) is 28.8 Å². The first-order valence-corrected chi connectivity index (χ1v) is 10.2. The molecule has 0 fully saturated rings. The van der Waals surface area contributed by atoms with Gasteiger partial charge in [-0.15, -0.1) is 11.3 Å². The molecule has 0 radical (unpaired) electrons. The number of thiophene rings is 1. The molecule has 0 aliphatic heterocycles. The van der Waals surface area contributed by atoms with Crippen molar-refractivity contribution in [1.82, 2.24) is 4.57 Å². The highest BCUT2D eigenvalue weighted by Crippen LogP contribution is 2.55. The number of hydrogen-bond donors (Lipinski definition) is 4. The summed E-state index contributed by atoms with van der Waals surface area (Å²) in [5.74, 6) is -2.29. The zero-order valence-electron chi connectivity index (χ0n) is 15.5. The number of aromatic hydroxyl groups is 4. The number of hydrogen-bond acceptors (Lipinski definition) is 5. The van der Waals surface area contributed by atoms with E-state index in [9.17, 15) is 20.4 Å². The molecule has 0 saturated carbocycles. The minimum atomic E-state index is -0.716. The third-order valence-electron chi connectivity index (χ3n) is 5.63. The Kier molecular flexibility index (Phi) is 3.29. The lowest BCUT2D eigenvalue weighted by molar-refractivity contribution is 0.351. The highest BCUT2D eigenvalue weighted by molar-refractivity contribution is 7.27. The predicted molar refractivity (Wildman–Crippen MR) is 120 cm³/mol. The molecule has 0 spiro atoms. The normalized spacial score (nSPS) is 11.9. The second kappa shape index (κ2) is 5.81. The Morgan fingerprint density at radius 2 is 1.23 bits per heavy atom. The number of nitrogens with zero attached hydrogens (tertiary/aromatic N) is 1. The van der Waals surface area contributed by atoms with Gasteiger partial charge in [0, 0.05) is 26.5 Å². The number of para-hydroxylation sites is 2. The van der Waals surface area contributed by atoms with Crippen LogP contribution in [0.5, 0.6) is 23.0 Å². The fourth-order valence-corrected chi connectivity index (χ4v) is 5.62. The molecule has 0 amide bonds. The van der Waals surface area contributed by atoms with Gasteiger partial charge in [-0.3, -0.25) is 0 Å². The molecule has 5 nitrogen and oxygen atoms in total. The topological polar surface area (TPSA) is 85.9 Å². The molecular weight excluding hydrogens is 398 g/mol. The van der Waals surface area contributed by atoms with Gasteiger partial charge in [0.05, 0.1) is 21.1 Å². The van der Waals surface area contributed by atoms with Crippen LogP contribution in [0.2, 0.25) is 0 Å². The summed E-state index contributed by atoms with van der Waals surface area (Å²) in [7, 11) is 0. The van der Waals surface area contributed by atoms with E-state index in [0.717, 1.165) is 32.2 Å². The maximum absolute atomic E-state index is 10.5. The van der Waals surface area contributed by atoms with E-state index in [1.807, 2.05) is 42.5 Å². The monoisotopic (exact) mass is 413 g/mol. The maximum atomic E-state index is 10.5. The van der Waals surface area contributed by atoms with Crippen molar-refractivity contribution in [3.8, 4) is 28.7 Å². The van der Waals surface area contributed by atoms with Crippen LogP contribution in [-0.2, 0) is 0 Å². The van der Waals surface area contributed by atoms with Crippen molar-refractivity contribution < 1.29 is 20.4 Å². The average Bonchev–Trinajstić information content (AvgIpc) is 3.33. The summed E-state index contributed by atoms with van der Waals surface area (Å²) in [6, 6.07) is 22.0. The van der Waals surface area contributed by atoms with Crippen molar-refractivity contribution in [2.24, 2.45) is 0 Å². The van der Waals surface area contributed by atoms with Crippen LogP contribution in [0, 0.1) is 0 Å². The molecule has 2 aromatic heterocycles. The van der Waals surface area contributed by atoms with Crippen molar-refractivity contribution >= 4 is 53.3 Å². The molecule has 0 unspecified atom stereocenters. The third kappa shape index (κ3) is 2.00. The number of benzene rings is 4. The second-order valence-electron chi connectivity index (χ2n) is 7.23. The first kappa shape index (κ1) is 17.0. The Labute approximate surface area is 173 Å². The van der Waals surface area contributed by atoms with Crippen molar-refractivity contribution in [3.05, 3.63) is 66.7 Å². The van der Waals surface area contributed by atoms with E-state index in [1.54, 1.807) is 0 Å². The average molecular weight is 413 g/mol. The van der Waals surface area contributed by atoms with Gasteiger partial charge in [0.2, 0.25) is 11.5 Å². The zero-order chi connectivity index (χ0) is 20.6. The van der Waals surface area contributed by atoms with Gasteiger partial charge in [0.25, 0.3) is 0 Å². The first-order chi connectivity index (χ1) is 14.6. The Bertz CT molecular complexity index is 1630. The Morgan fingerprint density at radius 3 is 2.03 bits per heavy atom. The molecule has 146 valence electrons. The molecule has 0 aliphatic carbocycles. The van der Waals surface area contributed by atoms with Crippen LogP contribution in [0.25, 0.3) is 47.7 Å². The third-order valence-corrected chi connectivity index (χ3v) is 6.86. The van der Waals surface area contributed by atoms with E-state index in [0.29, 0.717) is 15.5 Å². The number of fused-ring (bicyclic) bond motifs is 7. The molecule has 6 heteroatoms. The summed E-state index contributed by atoms with van der Waals surface area (Å²) < 4.78 is 3.38. The minimum absolute atomic E-state index is 0.334. The maximum Gasteiger partial charge on any atom is 0.205 e. The smallest absolute Gasteiger partial charge is 0.205 e. The quantitative estimate of drug-likeness (QED) is 0.197. The van der Waals surface area contributed by atoms with Crippen LogP contribution >= 0.6 is 11.3 Å². The van der Waals surface area contributed by atoms with Crippen LogP contribution in [0.4, 0.5) is 0 Å². The standard InChI is InChI=1S/C24H15NO4S/c26-19-18-14-10-11-16-17(23(14)30-24(18)22(29)21(28)20(19)27)13-8-4-5-9-15(13)25(16)12-6-2-1-3-7-12/h1-11,26-29H. The Morgan fingerprint density at radius 1 is 0.533 bits per heavy atom. The summed E-state index contributed by atoms with van der Waals surface area (Å²) in [6.07, 6.45) is 0. The van der Waals surface area contributed by atoms with Crippen LogP contribution in [0.3, 0.4) is 0 Å². The van der Waals surface area contributed by atoms with Crippen molar-refractivity contribution in [1.29, 1.82) is 0 Å². The lowest BCUT2D eigenvalue weighted by Crippen LogP contribution is -1.92. The first-order valence-electron chi connectivity index (χ1n) is 9.37. The zero-order valence-corrected chi connectivity index (χ0v) is 16.3. The van der Waals surface area contributed by atoms with Gasteiger partial charge in [0.15, 0.2) is 11.5 Å². The molecule has 0 aliphatic rings. The molecule has 30 heavy (non-hydrogen) atoms. The molecular formula is C24H15NO4S. The van der Waals surface area contributed by atoms with E-state index in [-0.39, 0.29) is 0 Å². The van der Waals surface area contributed by atoms with Gasteiger partial charge in [-0.05, 0) is 24.3 Å². The fourth-order valence-electron chi connectivity index (χ4n) is 4.31. The molecule has 4 N–H and O–H groups in total.